The van der Waals surface area contributed by atoms with E-state index < -0.39 is 4.92 Å². The second kappa shape index (κ2) is 5.08. The molecule has 0 saturated heterocycles. The number of hydrogen-bond acceptors (Lipinski definition) is 5. The lowest BCUT2D eigenvalue weighted by molar-refractivity contribution is -0.389. The van der Waals surface area contributed by atoms with Crippen LogP contribution in [0.15, 0.2) is 12.3 Å². The topological polar surface area (TPSA) is 87.3 Å². The Kier molecular flexibility index (Phi) is 3.78. The monoisotopic (exact) mass is 213 g/mol. The van der Waals surface area contributed by atoms with Crippen molar-refractivity contribution in [3.8, 4) is 0 Å². The molecule has 0 amide bonds. The van der Waals surface area contributed by atoms with Crippen molar-refractivity contribution >= 4 is 11.8 Å². The fourth-order valence-electron chi connectivity index (χ4n) is 1.06. The molecule has 0 N–H and O–H groups in total. The Morgan fingerprint density at radius 2 is 2.47 bits per heavy atom. The van der Waals surface area contributed by atoms with E-state index >= 15 is 0 Å². The molecule has 82 valence electrons. The fourth-order valence-corrected chi connectivity index (χ4v) is 1.06. The maximum atomic E-state index is 10.8. The number of nitro groups is 1. The van der Waals surface area contributed by atoms with E-state index in [1.807, 2.05) is 0 Å². The molecule has 0 spiro atoms. The van der Waals surface area contributed by atoms with E-state index in [-0.39, 0.29) is 18.2 Å². The van der Waals surface area contributed by atoms with Gasteiger partial charge in [-0.25, -0.2) is 0 Å². The van der Waals surface area contributed by atoms with Gasteiger partial charge in [-0.1, -0.05) is 0 Å². The van der Waals surface area contributed by atoms with Crippen LogP contribution in [0, 0.1) is 10.1 Å². The molecule has 1 heterocycles. The molecule has 1 aromatic heterocycles. The summed E-state index contributed by atoms with van der Waals surface area (Å²) >= 11 is 0. The zero-order valence-electron chi connectivity index (χ0n) is 8.25. The minimum absolute atomic E-state index is 0.187. The lowest BCUT2D eigenvalue weighted by atomic mass is 10.3. The van der Waals surface area contributed by atoms with Crippen LogP contribution in [0.3, 0.4) is 0 Å². The van der Waals surface area contributed by atoms with Crippen LogP contribution in [-0.2, 0) is 16.1 Å². The molecule has 7 heteroatoms. The number of rotatable bonds is 5. The van der Waals surface area contributed by atoms with Gasteiger partial charge in [0.2, 0.25) is 0 Å². The van der Waals surface area contributed by atoms with Crippen LogP contribution in [0.2, 0.25) is 0 Å². The average molecular weight is 213 g/mol. The molecule has 0 saturated carbocycles. The number of methoxy groups -OCH3 is 1. The smallest absolute Gasteiger partial charge is 0.389 e. The van der Waals surface area contributed by atoms with Crippen molar-refractivity contribution in [1.29, 1.82) is 0 Å². The van der Waals surface area contributed by atoms with E-state index in [0.717, 1.165) is 0 Å². The molecule has 0 aliphatic rings. The zero-order valence-corrected chi connectivity index (χ0v) is 8.25. The van der Waals surface area contributed by atoms with Gasteiger partial charge < -0.3 is 14.9 Å². The molecule has 0 aromatic carbocycles. The van der Waals surface area contributed by atoms with Crippen molar-refractivity contribution in [2.75, 3.05) is 7.11 Å². The third-order valence-electron chi connectivity index (χ3n) is 1.81. The van der Waals surface area contributed by atoms with Crippen molar-refractivity contribution in [2.24, 2.45) is 0 Å². The Hall–Kier alpha value is -1.92. The maximum absolute atomic E-state index is 10.8. The molecule has 0 bridgehead atoms. The summed E-state index contributed by atoms with van der Waals surface area (Å²) in [5.41, 5.74) is 0. The summed E-state index contributed by atoms with van der Waals surface area (Å²) in [5.74, 6) is -0.482. The van der Waals surface area contributed by atoms with E-state index in [1.165, 1.54) is 24.1 Å². The lowest BCUT2D eigenvalue weighted by Gasteiger charge is -1.97. The number of hydrogen-bond donors (Lipinski definition) is 0. The average Bonchev–Trinajstić information content (AvgIpc) is 2.66. The van der Waals surface area contributed by atoms with Crippen molar-refractivity contribution < 1.29 is 14.5 Å². The molecular weight excluding hydrogens is 202 g/mol. The summed E-state index contributed by atoms with van der Waals surface area (Å²) in [6, 6.07) is 1.32. The zero-order chi connectivity index (χ0) is 11.3. The Labute approximate surface area is 85.8 Å². The van der Waals surface area contributed by atoms with E-state index in [4.69, 9.17) is 0 Å². The van der Waals surface area contributed by atoms with Gasteiger partial charge in [0, 0.05) is 6.42 Å². The summed E-state index contributed by atoms with van der Waals surface area (Å²) in [4.78, 5) is 20.5. The van der Waals surface area contributed by atoms with Crippen molar-refractivity contribution in [1.82, 2.24) is 9.78 Å². The Morgan fingerprint density at radius 1 is 1.73 bits per heavy atom. The number of carbonyl (C=O) groups excluding carboxylic acids is 1. The largest absolute Gasteiger partial charge is 0.469 e. The molecule has 1 rings (SSSR count). The summed E-state index contributed by atoms with van der Waals surface area (Å²) in [6.07, 6.45) is 2.34. The molecule has 0 atom stereocenters. The standard InChI is InChI=1S/C8H11N3O4/c1-15-8(12)3-2-5-10-6-4-7(9-10)11(13)14/h4,6H,2-3,5H2,1H3. The molecule has 7 nitrogen and oxygen atoms in total. The molecule has 0 aliphatic carbocycles. The SMILES string of the molecule is COC(=O)CCCn1ccc([N+](=O)[O-])n1. The Morgan fingerprint density at radius 3 is 3.00 bits per heavy atom. The van der Waals surface area contributed by atoms with Crippen LogP contribution in [0.1, 0.15) is 12.8 Å². The van der Waals surface area contributed by atoms with Gasteiger partial charge in [0.15, 0.2) is 0 Å². The normalized spacial score (nSPS) is 9.93. The third kappa shape index (κ3) is 3.37. The fraction of sp³-hybridized carbons (Fsp3) is 0.500. The quantitative estimate of drug-likeness (QED) is 0.409. The number of carbonyl (C=O) groups is 1. The van der Waals surface area contributed by atoms with Crippen LogP contribution < -0.4 is 0 Å². The number of esters is 1. The highest BCUT2D eigenvalue weighted by molar-refractivity contribution is 5.68. The van der Waals surface area contributed by atoms with Crippen molar-refractivity contribution in [3.63, 3.8) is 0 Å². The highest BCUT2D eigenvalue weighted by Crippen LogP contribution is 2.06. The number of aromatic nitrogens is 2. The summed E-state index contributed by atoms with van der Waals surface area (Å²) in [7, 11) is 1.32. The van der Waals surface area contributed by atoms with Crippen LogP contribution in [0.25, 0.3) is 0 Å². The van der Waals surface area contributed by atoms with Gasteiger partial charge in [-0.05, 0) is 11.3 Å². The van der Waals surface area contributed by atoms with Gasteiger partial charge >= 0.3 is 11.8 Å². The number of ether oxygens (including phenoxy) is 1. The number of aryl methyl sites for hydroxylation is 1. The summed E-state index contributed by atoms with van der Waals surface area (Å²) < 4.78 is 5.89. The van der Waals surface area contributed by atoms with Gasteiger partial charge in [0.05, 0.1) is 31.0 Å². The Bertz CT molecular complexity index is 361. The first-order chi connectivity index (χ1) is 7.13. The highest BCUT2D eigenvalue weighted by atomic mass is 16.6. The predicted octanol–water partition coefficient (Wildman–Crippen LogP) is 0.744. The number of nitrogens with zero attached hydrogens (tertiary/aromatic N) is 3. The first-order valence-electron chi connectivity index (χ1n) is 4.38. The van der Waals surface area contributed by atoms with E-state index in [0.29, 0.717) is 13.0 Å². The molecule has 1 aromatic rings. The molecule has 0 unspecified atom stereocenters. The highest BCUT2D eigenvalue weighted by Gasteiger charge is 2.10. The minimum Gasteiger partial charge on any atom is -0.469 e. The molecule has 0 aliphatic heterocycles. The second-order valence-electron chi connectivity index (χ2n) is 2.87. The lowest BCUT2D eigenvalue weighted by Crippen LogP contribution is -2.04. The van der Waals surface area contributed by atoms with Gasteiger partial charge in [-0.15, -0.1) is 0 Å². The van der Waals surface area contributed by atoms with Gasteiger partial charge in [-0.3, -0.25) is 4.79 Å². The summed E-state index contributed by atoms with van der Waals surface area (Å²) in [5, 5.41) is 14.0. The maximum Gasteiger partial charge on any atom is 0.389 e. The molecular formula is C8H11N3O4. The van der Waals surface area contributed by atoms with E-state index in [2.05, 4.69) is 9.84 Å². The van der Waals surface area contributed by atoms with Crippen LogP contribution >= 0.6 is 0 Å². The van der Waals surface area contributed by atoms with E-state index in [1.54, 1.807) is 0 Å². The molecule has 0 fully saturated rings. The second-order valence-corrected chi connectivity index (χ2v) is 2.87. The van der Waals surface area contributed by atoms with Crippen LogP contribution in [0.5, 0.6) is 0 Å². The van der Waals surface area contributed by atoms with E-state index in [9.17, 15) is 14.9 Å². The van der Waals surface area contributed by atoms with Gasteiger partial charge in [0.25, 0.3) is 0 Å². The molecule has 0 radical (unpaired) electrons. The van der Waals surface area contributed by atoms with Gasteiger partial charge in [-0.2, -0.15) is 4.68 Å². The third-order valence-corrected chi connectivity index (χ3v) is 1.81. The Balaban J connectivity index is 2.38. The van der Waals surface area contributed by atoms with Crippen molar-refractivity contribution in [3.05, 3.63) is 22.4 Å². The molecule has 15 heavy (non-hydrogen) atoms. The first-order valence-corrected chi connectivity index (χ1v) is 4.38. The van der Waals surface area contributed by atoms with Crippen LogP contribution in [0.4, 0.5) is 5.82 Å². The van der Waals surface area contributed by atoms with Crippen molar-refractivity contribution in [2.45, 2.75) is 19.4 Å². The van der Waals surface area contributed by atoms with Crippen LogP contribution in [-0.4, -0.2) is 27.8 Å². The minimum atomic E-state index is -0.559. The predicted molar refractivity (Wildman–Crippen MR) is 50.1 cm³/mol. The first kappa shape index (κ1) is 11.2. The van der Waals surface area contributed by atoms with Gasteiger partial charge in [0.1, 0.15) is 0 Å². The summed E-state index contributed by atoms with van der Waals surface area (Å²) in [6.45, 7) is 0.461.